The Morgan fingerprint density at radius 2 is 1.79 bits per heavy atom. The molecule has 1 aliphatic rings. The van der Waals surface area contributed by atoms with E-state index in [1.807, 2.05) is 0 Å². The van der Waals surface area contributed by atoms with Crippen LogP contribution < -0.4 is 21.5 Å². The van der Waals surface area contributed by atoms with E-state index in [-0.39, 0.29) is 38.7 Å². The first kappa shape index (κ1) is 29.4. The Bertz CT molecular complexity index is 1770. The summed E-state index contributed by atoms with van der Waals surface area (Å²) < 4.78 is 2.82. The van der Waals surface area contributed by atoms with E-state index in [4.69, 9.17) is 28.9 Å². The van der Waals surface area contributed by atoms with E-state index < -0.39 is 17.6 Å². The summed E-state index contributed by atoms with van der Waals surface area (Å²) in [5.74, 6) is -1.06. The quantitative estimate of drug-likeness (QED) is 0.300. The van der Waals surface area contributed by atoms with Crippen LogP contribution in [0, 0.1) is 0 Å². The minimum absolute atomic E-state index is 0.118. The zero-order chi connectivity index (χ0) is 30.5. The number of fused-ring (bicyclic) bond motifs is 1. The van der Waals surface area contributed by atoms with Crippen molar-refractivity contribution in [1.82, 2.24) is 24.0 Å². The third-order valence-electron chi connectivity index (χ3n) is 7.69. The molecule has 2 amide bonds. The second-order valence-corrected chi connectivity index (χ2v) is 11.4. The van der Waals surface area contributed by atoms with Crippen LogP contribution in [-0.2, 0) is 18.4 Å². The average molecular weight is 614 g/mol. The number of nitrogens with one attached hydrogen (secondary N) is 1. The van der Waals surface area contributed by atoms with E-state index in [2.05, 4.69) is 46.0 Å². The molecular formula is C28H30Cl2N8O4. The minimum atomic E-state index is -0.889. The van der Waals surface area contributed by atoms with Crippen LogP contribution in [-0.4, -0.2) is 73.1 Å². The van der Waals surface area contributed by atoms with Crippen LogP contribution in [0.2, 0.25) is 10.0 Å². The van der Waals surface area contributed by atoms with Gasteiger partial charge in [0.1, 0.15) is 23.8 Å². The van der Waals surface area contributed by atoms with Gasteiger partial charge in [0.2, 0.25) is 5.91 Å². The fourth-order valence-corrected chi connectivity index (χ4v) is 5.55. The normalized spacial score (nSPS) is 17.5. The van der Waals surface area contributed by atoms with Crippen molar-refractivity contribution < 1.29 is 14.7 Å². The number of aromatic hydroxyl groups is 1. The number of pyridine rings is 1. The van der Waals surface area contributed by atoms with Crippen molar-refractivity contribution in [2.24, 2.45) is 12.8 Å². The van der Waals surface area contributed by atoms with Crippen LogP contribution >= 0.6 is 23.2 Å². The van der Waals surface area contributed by atoms with Crippen LogP contribution in [0.1, 0.15) is 24.2 Å². The molecule has 0 unspecified atom stereocenters. The maximum Gasteiger partial charge on any atom is 0.263 e. The van der Waals surface area contributed by atoms with Crippen molar-refractivity contribution in [3.8, 4) is 16.9 Å². The Labute approximate surface area is 251 Å². The summed E-state index contributed by atoms with van der Waals surface area (Å²) in [7, 11) is 3.65. The molecule has 0 aliphatic carbocycles. The smallest absolute Gasteiger partial charge is 0.263 e. The van der Waals surface area contributed by atoms with Gasteiger partial charge in [-0.25, -0.2) is 9.97 Å². The molecule has 1 fully saturated rings. The summed E-state index contributed by atoms with van der Waals surface area (Å²) in [6.07, 6.45) is 4.43. The predicted molar refractivity (Wildman–Crippen MR) is 162 cm³/mol. The molecule has 1 aromatic carbocycles. The number of hydrogen-bond acceptors (Lipinski definition) is 8. The van der Waals surface area contributed by atoms with Crippen molar-refractivity contribution in [3.05, 3.63) is 62.9 Å². The van der Waals surface area contributed by atoms with Crippen molar-refractivity contribution in [2.45, 2.75) is 32.5 Å². The molecule has 2 atom stereocenters. The van der Waals surface area contributed by atoms with Crippen LogP contribution in [0.5, 0.6) is 5.75 Å². The van der Waals surface area contributed by atoms with Crippen LogP contribution in [0.4, 0.5) is 11.5 Å². The lowest BCUT2D eigenvalue weighted by atomic mass is 10.0. The Balaban J connectivity index is 1.48. The Hall–Kier alpha value is -4.13. The molecular weight excluding hydrogens is 583 g/mol. The van der Waals surface area contributed by atoms with Gasteiger partial charge in [-0.2, -0.15) is 0 Å². The summed E-state index contributed by atoms with van der Waals surface area (Å²) in [5, 5.41) is 13.4. The molecule has 0 saturated carbocycles. The summed E-state index contributed by atoms with van der Waals surface area (Å²) >= 11 is 12.6. The van der Waals surface area contributed by atoms with Gasteiger partial charge in [0.05, 0.1) is 39.2 Å². The van der Waals surface area contributed by atoms with Crippen LogP contribution in [0.3, 0.4) is 0 Å². The van der Waals surface area contributed by atoms with E-state index in [0.717, 1.165) is 13.1 Å². The Kier molecular flexibility index (Phi) is 7.88. The molecule has 14 heteroatoms. The third kappa shape index (κ3) is 5.40. The average Bonchev–Trinajstić information content (AvgIpc) is 3.30. The molecule has 220 valence electrons. The molecule has 0 spiro atoms. The van der Waals surface area contributed by atoms with Crippen LogP contribution in [0.25, 0.3) is 22.2 Å². The molecule has 3 aromatic heterocycles. The minimum Gasteiger partial charge on any atom is -0.506 e. The Morgan fingerprint density at radius 3 is 2.45 bits per heavy atom. The molecule has 42 heavy (non-hydrogen) atoms. The fourth-order valence-electron chi connectivity index (χ4n) is 5.18. The number of carbonyl (C=O) groups excluding carboxylic acids is 2. The number of piperazine rings is 1. The number of carbonyl (C=O) groups is 2. The summed E-state index contributed by atoms with van der Waals surface area (Å²) in [6, 6.07) is 5.15. The lowest BCUT2D eigenvalue weighted by Gasteiger charge is -2.43. The number of aryl methyl sites for hydroxylation is 1. The maximum absolute atomic E-state index is 13.3. The van der Waals surface area contributed by atoms with Crippen molar-refractivity contribution in [3.63, 3.8) is 0 Å². The number of primary amides is 1. The number of anilines is 2. The first-order valence-electron chi connectivity index (χ1n) is 13.1. The van der Waals surface area contributed by atoms with Gasteiger partial charge in [0.15, 0.2) is 0 Å². The SMILES string of the molecule is C[C@@H]1CN(c2cc(NC(=O)Cn3cc(-c4cc(Cl)c(O)c(C(N)=O)c4)c4c(=O)n(C)cnc43)c(Cl)cn2)C[C@H](C)N1C. The molecule has 12 nitrogen and oxygen atoms in total. The standard InChI is InChI=1S/C28H30Cl2N8O4/c1-14-9-37(10-15(2)36(14)4)22-7-21(20(30)8-32-22)34-23(39)12-38-11-18(24-27(38)33-13-35(3)28(24)42)16-5-17(26(31)41)25(40)19(29)6-16/h5-8,11,13-15,40H,9-10,12H2,1-4H3,(H2,31,41)(H,32,34,39)/t14-,15+. The van der Waals surface area contributed by atoms with E-state index in [0.29, 0.717) is 34.7 Å². The molecule has 1 aliphatic heterocycles. The zero-order valence-corrected chi connectivity index (χ0v) is 24.9. The van der Waals surface area contributed by atoms with Crippen molar-refractivity contribution in [2.75, 3.05) is 30.4 Å². The van der Waals surface area contributed by atoms with Gasteiger partial charge in [-0.1, -0.05) is 23.2 Å². The number of halogens is 2. The maximum atomic E-state index is 13.3. The highest BCUT2D eigenvalue weighted by Crippen LogP contribution is 2.36. The fraction of sp³-hybridized carbons (Fsp3) is 0.321. The predicted octanol–water partition coefficient (Wildman–Crippen LogP) is 3.08. The molecule has 0 radical (unpaired) electrons. The van der Waals surface area contributed by atoms with E-state index in [1.54, 1.807) is 19.3 Å². The topological polar surface area (TPSA) is 152 Å². The first-order valence-corrected chi connectivity index (χ1v) is 13.9. The van der Waals surface area contributed by atoms with Gasteiger partial charge in [-0.3, -0.25) is 19.3 Å². The van der Waals surface area contributed by atoms with Gasteiger partial charge in [0.25, 0.3) is 11.5 Å². The van der Waals surface area contributed by atoms with E-state index in [9.17, 15) is 19.5 Å². The second-order valence-electron chi connectivity index (χ2n) is 10.6. The number of likely N-dealkylation sites (N-methyl/N-ethyl adjacent to an activating group) is 1. The molecule has 5 rings (SSSR count). The molecule has 4 aromatic rings. The molecule has 4 heterocycles. The largest absolute Gasteiger partial charge is 0.506 e. The first-order chi connectivity index (χ1) is 19.8. The molecule has 1 saturated heterocycles. The number of phenols is 1. The molecule has 4 N–H and O–H groups in total. The lowest BCUT2D eigenvalue weighted by molar-refractivity contribution is -0.116. The summed E-state index contributed by atoms with van der Waals surface area (Å²) in [6.45, 7) is 5.65. The highest BCUT2D eigenvalue weighted by atomic mass is 35.5. The number of benzene rings is 1. The van der Waals surface area contributed by atoms with E-state index in [1.165, 1.54) is 33.8 Å². The number of nitrogens with two attached hydrogens (primary N) is 1. The highest BCUT2D eigenvalue weighted by molar-refractivity contribution is 6.34. The van der Waals surface area contributed by atoms with Gasteiger partial charge >= 0.3 is 0 Å². The highest BCUT2D eigenvalue weighted by Gasteiger charge is 2.28. The zero-order valence-electron chi connectivity index (χ0n) is 23.4. The lowest BCUT2D eigenvalue weighted by Crippen LogP contribution is -2.55. The number of hydrogen-bond donors (Lipinski definition) is 3. The number of rotatable bonds is 6. The number of nitrogens with zero attached hydrogens (tertiary/aromatic N) is 6. The number of amides is 2. The number of aromatic nitrogens is 4. The van der Waals surface area contributed by atoms with Crippen LogP contribution in [0.15, 0.2) is 41.7 Å². The van der Waals surface area contributed by atoms with Crippen molar-refractivity contribution >= 4 is 57.6 Å². The monoisotopic (exact) mass is 612 g/mol. The van der Waals surface area contributed by atoms with Gasteiger partial charge in [-0.15, -0.1) is 0 Å². The Morgan fingerprint density at radius 1 is 1.10 bits per heavy atom. The summed E-state index contributed by atoms with van der Waals surface area (Å²) in [5.41, 5.74) is 6.19. The van der Waals surface area contributed by atoms with Gasteiger partial charge in [0, 0.05) is 50.0 Å². The van der Waals surface area contributed by atoms with E-state index >= 15 is 0 Å². The van der Waals surface area contributed by atoms with Crippen molar-refractivity contribution in [1.29, 1.82) is 0 Å². The summed E-state index contributed by atoms with van der Waals surface area (Å²) in [4.78, 5) is 51.7. The third-order valence-corrected chi connectivity index (χ3v) is 8.28. The second kappa shape index (κ2) is 11.3. The van der Waals surface area contributed by atoms with Gasteiger partial charge < -0.3 is 30.2 Å². The van der Waals surface area contributed by atoms with Gasteiger partial charge in [-0.05, 0) is 38.6 Å². The molecule has 0 bridgehead atoms.